The van der Waals surface area contributed by atoms with Crippen LogP contribution in [0.25, 0.3) is 0 Å². The third-order valence-electron chi connectivity index (χ3n) is 8.87. The molecule has 0 fully saturated rings. The van der Waals surface area contributed by atoms with Crippen molar-refractivity contribution in [3.05, 3.63) is 149 Å². The number of rotatable bonds is 14. The van der Waals surface area contributed by atoms with E-state index in [-0.39, 0.29) is 5.92 Å². The van der Waals surface area contributed by atoms with E-state index >= 15 is 0 Å². The molecular formula is C41H47N3S2. The van der Waals surface area contributed by atoms with Crippen molar-refractivity contribution >= 4 is 42.3 Å². The maximum atomic E-state index is 4.55. The number of benzene rings is 5. The van der Waals surface area contributed by atoms with Crippen LogP contribution in [0.2, 0.25) is 0 Å². The van der Waals surface area contributed by atoms with Gasteiger partial charge < -0.3 is 14.7 Å². The Morgan fingerprint density at radius 2 is 0.761 bits per heavy atom. The first-order chi connectivity index (χ1) is 22.4. The molecule has 0 unspecified atom stereocenters. The van der Waals surface area contributed by atoms with E-state index in [9.17, 15) is 0 Å². The van der Waals surface area contributed by atoms with Crippen LogP contribution >= 0.6 is 25.3 Å². The SMILES string of the molecule is CCN(CC)c1ccc(C(c2ccc(N(CC)Cc3cccc(S)c3)cc2)c2ccc(N(CC)Cc3cccc(S)c3)cc2)cc1. The molecule has 3 nitrogen and oxygen atoms in total. The fourth-order valence-corrected chi connectivity index (χ4v) is 6.82. The second-order valence-electron chi connectivity index (χ2n) is 11.7. The van der Waals surface area contributed by atoms with Gasteiger partial charge in [-0.1, -0.05) is 60.7 Å². The molecule has 0 amide bonds. The summed E-state index contributed by atoms with van der Waals surface area (Å²) in [6.45, 7) is 14.4. The average molecular weight is 646 g/mol. The molecule has 0 bridgehead atoms. The van der Waals surface area contributed by atoms with Crippen molar-refractivity contribution in [2.75, 3.05) is 40.9 Å². The maximum absolute atomic E-state index is 4.55. The predicted octanol–water partition coefficient (Wildman–Crippen LogP) is 10.3. The molecule has 0 aromatic heterocycles. The normalized spacial score (nSPS) is 11.1. The van der Waals surface area contributed by atoms with E-state index in [0.29, 0.717) is 0 Å². The van der Waals surface area contributed by atoms with Crippen LogP contribution in [0.5, 0.6) is 0 Å². The zero-order valence-corrected chi connectivity index (χ0v) is 29.4. The second-order valence-corrected chi connectivity index (χ2v) is 12.8. The van der Waals surface area contributed by atoms with Crippen LogP contribution in [0.3, 0.4) is 0 Å². The van der Waals surface area contributed by atoms with Crippen molar-refractivity contribution in [2.24, 2.45) is 0 Å². The number of nitrogens with zero attached hydrogens (tertiary/aromatic N) is 3. The molecule has 0 aliphatic carbocycles. The third-order valence-corrected chi connectivity index (χ3v) is 9.43. The Kier molecular flexibility index (Phi) is 11.8. The van der Waals surface area contributed by atoms with E-state index in [1.807, 2.05) is 12.1 Å². The van der Waals surface area contributed by atoms with E-state index in [1.165, 1.54) is 44.9 Å². The smallest absolute Gasteiger partial charge is 0.0429 e. The Morgan fingerprint density at radius 1 is 0.435 bits per heavy atom. The van der Waals surface area contributed by atoms with Crippen molar-refractivity contribution in [1.82, 2.24) is 0 Å². The summed E-state index contributed by atoms with van der Waals surface area (Å²) < 4.78 is 0. The lowest BCUT2D eigenvalue weighted by molar-refractivity contribution is 0.827. The molecule has 5 aromatic rings. The lowest BCUT2D eigenvalue weighted by Crippen LogP contribution is -2.22. The summed E-state index contributed by atoms with van der Waals surface area (Å²) in [5.74, 6) is 0.126. The highest BCUT2D eigenvalue weighted by atomic mass is 32.1. The van der Waals surface area contributed by atoms with E-state index in [4.69, 9.17) is 0 Å². The van der Waals surface area contributed by atoms with Crippen LogP contribution < -0.4 is 14.7 Å². The Balaban J connectivity index is 1.45. The van der Waals surface area contributed by atoms with E-state index in [2.05, 4.69) is 177 Å². The molecular weight excluding hydrogens is 599 g/mol. The van der Waals surface area contributed by atoms with Crippen molar-refractivity contribution in [3.8, 4) is 0 Å². The second kappa shape index (κ2) is 16.2. The highest BCUT2D eigenvalue weighted by molar-refractivity contribution is 7.80. The standard InChI is InChI=1S/C41H47N3S2/c1-5-42(6-2)36-21-15-33(16-22-36)41(34-17-23-37(24-18-34)43(7-3)29-31-11-9-13-39(45)27-31)35-19-25-38(26-20-35)44(8-4)30-32-12-10-14-40(46)28-32/h9-28,41,45-46H,5-8,29-30H2,1-4H3. The van der Waals surface area contributed by atoms with Crippen molar-refractivity contribution in [2.45, 2.75) is 56.5 Å². The predicted molar refractivity (Wildman–Crippen MR) is 205 cm³/mol. The lowest BCUT2D eigenvalue weighted by Gasteiger charge is -2.27. The molecule has 0 atom stereocenters. The first kappa shape index (κ1) is 33.6. The van der Waals surface area contributed by atoms with Gasteiger partial charge in [0.25, 0.3) is 0 Å². The van der Waals surface area contributed by atoms with Gasteiger partial charge in [-0.25, -0.2) is 0 Å². The summed E-state index contributed by atoms with van der Waals surface area (Å²) in [6.07, 6.45) is 0. The number of anilines is 3. The molecule has 46 heavy (non-hydrogen) atoms. The quantitative estimate of drug-likeness (QED) is 0.0920. The van der Waals surface area contributed by atoms with Crippen LogP contribution in [0.1, 0.15) is 61.4 Å². The Bertz CT molecular complexity index is 1560. The van der Waals surface area contributed by atoms with Crippen LogP contribution in [0, 0.1) is 0 Å². The van der Waals surface area contributed by atoms with Crippen LogP contribution in [-0.4, -0.2) is 26.2 Å². The van der Waals surface area contributed by atoms with Gasteiger partial charge in [-0.2, -0.15) is 0 Å². The average Bonchev–Trinajstić information content (AvgIpc) is 3.08. The molecule has 238 valence electrons. The van der Waals surface area contributed by atoms with Gasteiger partial charge in [0, 0.05) is 72.0 Å². The number of thiol groups is 2. The molecule has 5 aromatic carbocycles. The van der Waals surface area contributed by atoms with Gasteiger partial charge in [0.2, 0.25) is 0 Å². The van der Waals surface area contributed by atoms with Gasteiger partial charge in [0.05, 0.1) is 0 Å². The third kappa shape index (κ3) is 8.31. The van der Waals surface area contributed by atoms with Gasteiger partial charge in [0.15, 0.2) is 0 Å². The molecule has 0 heterocycles. The lowest BCUT2D eigenvalue weighted by atomic mass is 9.85. The monoisotopic (exact) mass is 645 g/mol. The molecule has 5 heteroatoms. The minimum atomic E-state index is 0.126. The summed E-state index contributed by atoms with van der Waals surface area (Å²) in [4.78, 5) is 9.22. The highest BCUT2D eigenvalue weighted by Gasteiger charge is 2.19. The van der Waals surface area contributed by atoms with Crippen molar-refractivity contribution in [1.29, 1.82) is 0 Å². The van der Waals surface area contributed by atoms with E-state index in [1.54, 1.807) is 0 Å². The van der Waals surface area contributed by atoms with Gasteiger partial charge in [-0.15, -0.1) is 25.3 Å². The molecule has 0 aliphatic rings. The molecule has 0 saturated heterocycles. The minimum Gasteiger partial charge on any atom is -0.372 e. The zero-order chi connectivity index (χ0) is 32.5. The van der Waals surface area contributed by atoms with E-state index < -0.39 is 0 Å². The van der Waals surface area contributed by atoms with Gasteiger partial charge >= 0.3 is 0 Å². The molecule has 0 saturated carbocycles. The van der Waals surface area contributed by atoms with Gasteiger partial charge in [-0.05, 0) is 116 Å². The Hall–Kier alpha value is -3.80. The molecule has 0 N–H and O–H groups in total. The summed E-state index contributed by atoms with van der Waals surface area (Å²) in [7, 11) is 0. The largest absolute Gasteiger partial charge is 0.372 e. The van der Waals surface area contributed by atoms with Gasteiger partial charge in [0.1, 0.15) is 0 Å². The topological polar surface area (TPSA) is 9.72 Å². The molecule has 5 rings (SSSR count). The van der Waals surface area contributed by atoms with E-state index in [0.717, 1.165) is 49.1 Å². The fraction of sp³-hybridized carbons (Fsp3) is 0.268. The number of hydrogen-bond acceptors (Lipinski definition) is 5. The Labute approximate surface area is 287 Å². The summed E-state index contributed by atoms with van der Waals surface area (Å²) >= 11 is 9.10. The van der Waals surface area contributed by atoms with Crippen LogP contribution in [0.15, 0.2) is 131 Å². The highest BCUT2D eigenvalue weighted by Crippen LogP contribution is 2.35. The first-order valence-corrected chi connectivity index (χ1v) is 17.4. The fourth-order valence-electron chi connectivity index (χ4n) is 6.32. The maximum Gasteiger partial charge on any atom is 0.0429 e. The van der Waals surface area contributed by atoms with Crippen molar-refractivity contribution < 1.29 is 0 Å². The van der Waals surface area contributed by atoms with Gasteiger partial charge in [-0.3, -0.25) is 0 Å². The summed E-state index contributed by atoms with van der Waals surface area (Å²) in [5.41, 5.74) is 10.1. The molecule has 0 radical (unpaired) electrons. The number of hydrogen-bond donors (Lipinski definition) is 2. The first-order valence-electron chi connectivity index (χ1n) is 16.5. The summed E-state index contributed by atoms with van der Waals surface area (Å²) in [5, 5.41) is 0. The minimum absolute atomic E-state index is 0.126. The zero-order valence-electron chi connectivity index (χ0n) is 27.6. The van der Waals surface area contributed by atoms with Crippen LogP contribution in [0.4, 0.5) is 17.1 Å². The molecule has 0 aliphatic heterocycles. The van der Waals surface area contributed by atoms with Crippen molar-refractivity contribution in [3.63, 3.8) is 0 Å². The Morgan fingerprint density at radius 3 is 1.07 bits per heavy atom. The summed E-state index contributed by atoms with van der Waals surface area (Å²) in [6, 6.07) is 44.4. The van der Waals surface area contributed by atoms with Crippen LogP contribution in [-0.2, 0) is 13.1 Å². The molecule has 0 spiro atoms.